The lowest BCUT2D eigenvalue weighted by molar-refractivity contribution is 0.443. The topological polar surface area (TPSA) is 73.8 Å². The molecule has 1 saturated heterocycles. The highest BCUT2D eigenvalue weighted by molar-refractivity contribution is 14.0. The van der Waals surface area contributed by atoms with Gasteiger partial charge in [-0.15, -0.1) is 24.0 Å². The predicted octanol–water partition coefficient (Wildman–Crippen LogP) is 1.34. The molecule has 0 amide bonds. The molecule has 0 spiro atoms. The van der Waals surface area contributed by atoms with Crippen LogP contribution in [-0.4, -0.2) is 68.7 Å². The molecule has 0 aromatic carbocycles. The molecule has 0 unspecified atom stereocenters. The minimum absolute atomic E-state index is 0. The number of hydrogen-bond acceptors (Lipinski definition) is 4. The van der Waals surface area contributed by atoms with E-state index >= 15 is 0 Å². The van der Waals surface area contributed by atoms with Crippen molar-refractivity contribution in [3.63, 3.8) is 0 Å². The molecule has 6 nitrogen and oxygen atoms in total. The van der Waals surface area contributed by atoms with Crippen LogP contribution in [0.15, 0.2) is 4.99 Å². The summed E-state index contributed by atoms with van der Waals surface area (Å²) < 4.78 is 26.0. The summed E-state index contributed by atoms with van der Waals surface area (Å²) in [5.41, 5.74) is 0. The Morgan fingerprint density at radius 2 is 1.91 bits per heavy atom. The maximum absolute atomic E-state index is 12.2. The largest absolute Gasteiger partial charge is 0.357 e. The molecule has 0 saturated carbocycles. The van der Waals surface area contributed by atoms with E-state index in [1.165, 1.54) is 0 Å². The third-order valence-corrected chi connectivity index (χ3v) is 5.96. The first-order valence-electron chi connectivity index (χ1n) is 7.68. The van der Waals surface area contributed by atoms with Gasteiger partial charge in [0, 0.05) is 44.2 Å². The van der Waals surface area contributed by atoms with Gasteiger partial charge < -0.3 is 10.6 Å². The normalized spacial score (nSPS) is 16.9. The first-order valence-corrected chi connectivity index (χ1v) is 10.4. The van der Waals surface area contributed by atoms with Crippen molar-refractivity contribution in [2.75, 3.05) is 50.0 Å². The highest BCUT2D eigenvalue weighted by Crippen LogP contribution is 2.12. The summed E-state index contributed by atoms with van der Waals surface area (Å²) in [5.74, 6) is 2.62. The van der Waals surface area contributed by atoms with Gasteiger partial charge in [0.05, 0.1) is 5.75 Å². The predicted molar refractivity (Wildman–Crippen MR) is 107 cm³/mol. The molecular weight excluding hydrogens is 435 g/mol. The van der Waals surface area contributed by atoms with E-state index in [-0.39, 0.29) is 29.7 Å². The minimum Gasteiger partial charge on any atom is -0.357 e. The second-order valence-electron chi connectivity index (χ2n) is 4.87. The van der Waals surface area contributed by atoms with E-state index in [0.717, 1.165) is 37.4 Å². The summed E-state index contributed by atoms with van der Waals surface area (Å²) >= 11 is 1.81. The lowest BCUT2D eigenvalue weighted by Crippen LogP contribution is -2.44. The van der Waals surface area contributed by atoms with Crippen molar-refractivity contribution in [2.45, 2.75) is 26.7 Å². The van der Waals surface area contributed by atoms with Crippen LogP contribution in [0.1, 0.15) is 26.7 Å². The van der Waals surface area contributed by atoms with Crippen LogP contribution in [0, 0.1) is 0 Å². The molecule has 2 N–H and O–H groups in total. The Kier molecular flexibility index (Phi) is 12.8. The lowest BCUT2D eigenvalue weighted by Gasteiger charge is -2.25. The molecule has 0 aliphatic carbocycles. The monoisotopic (exact) mass is 464 g/mol. The summed E-state index contributed by atoms with van der Waals surface area (Å²) in [6.07, 6.45) is 2.14. The third-order valence-electron chi connectivity index (χ3n) is 3.14. The number of nitrogens with zero attached hydrogens (tertiary/aromatic N) is 2. The van der Waals surface area contributed by atoms with E-state index in [0.29, 0.717) is 25.6 Å². The van der Waals surface area contributed by atoms with Crippen LogP contribution in [0.5, 0.6) is 0 Å². The SMILES string of the molecule is CCCCN=C(NCC)NCCS(=O)(=O)N1CCSCC1.I. The highest BCUT2D eigenvalue weighted by atomic mass is 127. The number of thioether (sulfide) groups is 1. The molecule has 0 aromatic heterocycles. The Morgan fingerprint density at radius 1 is 1.23 bits per heavy atom. The van der Waals surface area contributed by atoms with Crippen molar-refractivity contribution in [3.05, 3.63) is 0 Å². The Balaban J connectivity index is 0.00000441. The van der Waals surface area contributed by atoms with Crippen LogP contribution in [-0.2, 0) is 10.0 Å². The molecule has 9 heteroatoms. The van der Waals surface area contributed by atoms with E-state index in [1.54, 1.807) is 4.31 Å². The molecule has 132 valence electrons. The number of sulfonamides is 1. The van der Waals surface area contributed by atoms with E-state index in [9.17, 15) is 8.42 Å². The van der Waals surface area contributed by atoms with Gasteiger partial charge in [-0.3, -0.25) is 4.99 Å². The van der Waals surface area contributed by atoms with Crippen molar-refractivity contribution in [1.29, 1.82) is 0 Å². The second-order valence-corrected chi connectivity index (χ2v) is 8.18. The van der Waals surface area contributed by atoms with E-state index in [1.807, 2.05) is 18.7 Å². The fraction of sp³-hybridized carbons (Fsp3) is 0.923. The number of guanidine groups is 1. The van der Waals surface area contributed by atoms with Crippen molar-refractivity contribution in [3.8, 4) is 0 Å². The van der Waals surface area contributed by atoms with Gasteiger partial charge in [-0.2, -0.15) is 11.8 Å². The molecule has 0 bridgehead atoms. The molecule has 1 rings (SSSR count). The fourth-order valence-electron chi connectivity index (χ4n) is 1.94. The number of aliphatic imine (C=N–C) groups is 1. The van der Waals surface area contributed by atoms with Gasteiger partial charge in [0.25, 0.3) is 0 Å². The first kappa shape index (κ1) is 22.3. The van der Waals surface area contributed by atoms with Crippen molar-refractivity contribution in [2.24, 2.45) is 4.99 Å². The highest BCUT2D eigenvalue weighted by Gasteiger charge is 2.23. The first-order chi connectivity index (χ1) is 10.1. The summed E-state index contributed by atoms with van der Waals surface area (Å²) in [4.78, 5) is 4.42. The number of nitrogens with one attached hydrogen (secondary N) is 2. The molecule has 0 radical (unpaired) electrons. The molecule has 0 atom stereocenters. The van der Waals surface area contributed by atoms with E-state index < -0.39 is 10.0 Å². The second kappa shape index (κ2) is 12.7. The average Bonchev–Trinajstić information content (AvgIpc) is 2.48. The molecule has 1 fully saturated rings. The van der Waals surface area contributed by atoms with Gasteiger partial charge in [-0.25, -0.2) is 12.7 Å². The van der Waals surface area contributed by atoms with Gasteiger partial charge >= 0.3 is 0 Å². The zero-order valence-electron chi connectivity index (χ0n) is 13.5. The molecule has 1 aliphatic heterocycles. The van der Waals surface area contributed by atoms with Crippen molar-refractivity contribution >= 4 is 51.7 Å². The smallest absolute Gasteiger partial charge is 0.215 e. The Hall–Kier alpha value is 0.260. The zero-order valence-corrected chi connectivity index (χ0v) is 17.5. The van der Waals surface area contributed by atoms with Crippen LogP contribution >= 0.6 is 35.7 Å². The molecule has 1 aliphatic rings. The van der Waals surface area contributed by atoms with Gasteiger partial charge in [-0.1, -0.05) is 13.3 Å². The van der Waals surface area contributed by atoms with Gasteiger partial charge in [0.2, 0.25) is 10.0 Å². The Bertz CT molecular complexity index is 412. The standard InChI is InChI=1S/C13H28N4O2S2.HI/c1-3-5-6-15-13(14-4-2)16-7-12-21(18,19)17-8-10-20-11-9-17;/h3-12H2,1-2H3,(H2,14,15,16);1H. The van der Waals surface area contributed by atoms with Crippen molar-refractivity contribution < 1.29 is 8.42 Å². The number of hydrogen-bond donors (Lipinski definition) is 2. The van der Waals surface area contributed by atoms with Crippen LogP contribution in [0.2, 0.25) is 0 Å². The van der Waals surface area contributed by atoms with Crippen LogP contribution in [0.25, 0.3) is 0 Å². The van der Waals surface area contributed by atoms with E-state index in [2.05, 4.69) is 22.5 Å². The summed E-state index contributed by atoms with van der Waals surface area (Å²) in [7, 11) is -3.14. The molecular formula is C13H29IN4O2S2. The Labute approximate surface area is 156 Å². The third kappa shape index (κ3) is 8.78. The quantitative estimate of drug-likeness (QED) is 0.246. The number of unbranched alkanes of at least 4 members (excludes halogenated alkanes) is 1. The van der Waals surface area contributed by atoms with E-state index in [4.69, 9.17) is 0 Å². The van der Waals surface area contributed by atoms with Gasteiger partial charge in [-0.05, 0) is 13.3 Å². The molecule has 1 heterocycles. The lowest BCUT2D eigenvalue weighted by atomic mass is 10.3. The maximum atomic E-state index is 12.2. The minimum atomic E-state index is -3.14. The number of rotatable bonds is 8. The van der Waals surface area contributed by atoms with Crippen LogP contribution in [0.3, 0.4) is 0 Å². The van der Waals surface area contributed by atoms with Crippen LogP contribution < -0.4 is 10.6 Å². The summed E-state index contributed by atoms with van der Waals surface area (Å²) in [6.45, 7) is 7.33. The van der Waals surface area contributed by atoms with Crippen LogP contribution in [0.4, 0.5) is 0 Å². The average molecular weight is 464 g/mol. The fourth-order valence-corrected chi connectivity index (χ4v) is 4.43. The van der Waals surface area contributed by atoms with Gasteiger partial charge in [0.1, 0.15) is 0 Å². The van der Waals surface area contributed by atoms with Gasteiger partial charge in [0.15, 0.2) is 5.96 Å². The summed E-state index contributed by atoms with van der Waals surface area (Å²) in [6, 6.07) is 0. The zero-order chi connectivity index (χ0) is 15.6. The molecule has 0 aromatic rings. The Morgan fingerprint density at radius 3 is 2.50 bits per heavy atom. The molecule has 22 heavy (non-hydrogen) atoms. The number of halogens is 1. The summed E-state index contributed by atoms with van der Waals surface area (Å²) in [5, 5.41) is 6.24. The maximum Gasteiger partial charge on any atom is 0.215 e. The van der Waals surface area contributed by atoms with Crippen molar-refractivity contribution in [1.82, 2.24) is 14.9 Å².